The van der Waals surface area contributed by atoms with E-state index in [-0.39, 0.29) is 0 Å². The van der Waals surface area contributed by atoms with Crippen LogP contribution >= 0.6 is 11.6 Å². The van der Waals surface area contributed by atoms with Gasteiger partial charge in [-0.3, -0.25) is 0 Å². The highest BCUT2D eigenvalue weighted by Crippen LogP contribution is 2.30. The number of nitrogens with zero attached hydrogens (tertiary/aromatic N) is 2. The summed E-state index contributed by atoms with van der Waals surface area (Å²) in [4.78, 5) is 4.40. The second-order valence-corrected chi connectivity index (χ2v) is 4.88. The van der Waals surface area contributed by atoms with Gasteiger partial charge in [0.05, 0.1) is 10.6 Å². The molecular weight excluding hydrogens is 274 g/mol. The molecule has 100 valence electrons. The van der Waals surface area contributed by atoms with Crippen molar-refractivity contribution in [2.24, 2.45) is 0 Å². The highest BCUT2D eigenvalue weighted by atomic mass is 35.5. The van der Waals surface area contributed by atoms with Crippen molar-refractivity contribution >= 4 is 17.3 Å². The summed E-state index contributed by atoms with van der Waals surface area (Å²) in [5.41, 5.74) is 8.96. The minimum absolute atomic E-state index is 0.383. The fourth-order valence-corrected chi connectivity index (χ4v) is 2.24. The molecule has 0 aliphatic heterocycles. The molecule has 20 heavy (non-hydrogen) atoms. The van der Waals surface area contributed by atoms with Crippen LogP contribution in [0.4, 0.5) is 5.69 Å². The Morgan fingerprint density at radius 2 is 1.90 bits per heavy atom. The third-order valence-electron chi connectivity index (χ3n) is 3.04. The lowest BCUT2D eigenvalue weighted by Gasteiger charge is -2.00. The molecule has 0 saturated heterocycles. The summed E-state index contributed by atoms with van der Waals surface area (Å²) in [7, 11) is 0. The van der Waals surface area contributed by atoms with Crippen LogP contribution < -0.4 is 5.73 Å². The van der Waals surface area contributed by atoms with Crippen molar-refractivity contribution in [3.8, 4) is 22.8 Å². The number of rotatable bonds is 2. The molecule has 2 aromatic carbocycles. The van der Waals surface area contributed by atoms with Crippen molar-refractivity contribution in [1.82, 2.24) is 10.1 Å². The Labute approximate surface area is 121 Å². The number of hydrogen-bond donors (Lipinski definition) is 1. The van der Waals surface area contributed by atoms with Crippen LogP contribution in [0.25, 0.3) is 22.8 Å². The highest BCUT2D eigenvalue weighted by Gasteiger charge is 2.14. The Kier molecular flexibility index (Phi) is 3.16. The van der Waals surface area contributed by atoms with E-state index < -0.39 is 0 Å². The van der Waals surface area contributed by atoms with Gasteiger partial charge in [0.2, 0.25) is 5.82 Å². The topological polar surface area (TPSA) is 64.9 Å². The van der Waals surface area contributed by atoms with E-state index in [9.17, 15) is 0 Å². The minimum Gasteiger partial charge on any atom is -0.399 e. The van der Waals surface area contributed by atoms with Gasteiger partial charge in [-0.2, -0.15) is 4.98 Å². The molecule has 3 rings (SSSR count). The molecule has 0 bridgehead atoms. The summed E-state index contributed by atoms with van der Waals surface area (Å²) >= 11 is 6.14. The molecule has 1 aromatic heterocycles. The fraction of sp³-hybridized carbons (Fsp3) is 0.0667. The van der Waals surface area contributed by atoms with E-state index >= 15 is 0 Å². The number of benzene rings is 2. The maximum Gasteiger partial charge on any atom is 0.259 e. The van der Waals surface area contributed by atoms with Crippen LogP contribution in [-0.4, -0.2) is 10.1 Å². The zero-order valence-electron chi connectivity index (χ0n) is 10.8. The zero-order valence-corrected chi connectivity index (χ0v) is 11.6. The fourth-order valence-electron chi connectivity index (χ4n) is 1.97. The van der Waals surface area contributed by atoms with Gasteiger partial charge >= 0.3 is 0 Å². The predicted molar refractivity (Wildman–Crippen MR) is 79.3 cm³/mol. The molecule has 2 N–H and O–H groups in total. The van der Waals surface area contributed by atoms with Gasteiger partial charge in [0.25, 0.3) is 5.89 Å². The van der Waals surface area contributed by atoms with E-state index in [1.54, 1.807) is 18.2 Å². The van der Waals surface area contributed by atoms with Gasteiger partial charge in [0.15, 0.2) is 0 Å². The number of aromatic nitrogens is 2. The molecule has 0 fully saturated rings. The lowest BCUT2D eigenvalue weighted by atomic mass is 10.1. The van der Waals surface area contributed by atoms with E-state index in [2.05, 4.69) is 10.1 Å². The smallest absolute Gasteiger partial charge is 0.259 e. The quantitative estimate of drug-likeness (QED) is 0.724. The van der Waals surface area contributed by atoms with Gasteiger partial charge in [-0.05, 0) is 30.7 Å². The average molecular weight is 286 g/mol. The normalized spacial score (nSPS) is 10.7. The molecule has 0 aliphatic carbocycles. The SMILES string of the molecule is Cc1ccccc1-c1noc(-c2ccc(N)cc2Cl)n1. The highest BCUT2D eigenvalue weighted by molar-refractivity contribution is 6.33. The van der Waals surface area contributed by atoms with Crippen molar-refractivity contribution < 1.29 is 4.52 Å². The van der Waals surface area contributed by atoms with Crippen molar-refractivity contribution in [2.75, 3.05) is 5.73 Å². The molecule has 0 aliphatic rings. The minimum atomic E-state index is 0.383. The van der Waals surface area contributed by atoms with Gasteiger partial charge < -0.3 is 10.3 Å². The third kappa shape index (κ3) is 2.26. The van der Waals surface area contributed by atoms with E-state index in [0.717, 1.165) is 11.1 Å². The summed E-state index contributed by atoms with van der Waals surface area (Å²) < 4.78 is 5.29. The zero-order chi connectivity index (χ0) is 14.1. The summed E-state index contributed by atoms with van der Waals surface area (Å²) in [6.45, 7) is 2.00. The molecule has 0 unspecified atom stereocenters. The van der Waals surface area contributed by atoms with Gasteiger partial charge in [-0.25, -0.2) is 0 Å². The number of nitrogen functional groups attached to an aromatic ring is 1. The molecule has 5 heteroatoms. The van der Waals surface area contributed by atoms with Gasteiger partial charge in [-0.15, -0.1) is 0 Å². The second-order valence-electron chi connectivity index (χ2n) is 4.48. The molecular formula is C15H12ClN3O. The lowest BCUT2D eigenvalue weighted by molar-refractivity contribution is 0.432. The van der Waals surface area contributed by atoms with Crippen molar-refractivity contribution in [3.63, 3.8) is 0 Å². The Morgan fingerprint density at radius 1 is 1.10 bits per heavy atom. The summed E-state index contributed by atoms with van der Waals surface area (Å²) in [6.07, 6.45) is 0. The van der Waals surface area contributed by atoms with Crippen LogP contribution in [0.5, 0.6) is 0 Å². The van der Waals surface area contributed by atoms with Crippen LogP contribution in [-0.2, 0) is 0 Å². The largest absolute Gasteiger partial charge is 0.399 e. The monoisotopic (exact) mass is 285 g/mol. The Hall–Kier alpha value is -2.33. The first-order chi connectivity index (χ1) is 9.65. The molecule has 0 radical (unpaired) electrons. The van der Waals surface area contributed by atoms with Gasteiger partial charge in [0, 0.05) is 11.3 Å². The summed E-state index contributed by atoms with van der Waals surface area (Å²) in [6, 6.07) is 13.0. The summed E-state index contributed by atoms with van der Waals surface area (Å²) in [5.74, 6) is 0.930. The third-order valence-corrected chi connectivity index (χ3v) is 3.35. The number of nitrogens with two attached hydrogens (primary N) is 1. The standard InChI is InChI=1S/C15H12ClN3O/c1-9-4-2-3-5-11(9)14-18-15(20-19-14)12-7-6-10(17)8-13(12)16/h2-8H,17H2,1H3. The maximum absolute atomic E-state index is 6.14. The first kappa shape index (κ1) is 12.7. The number of aryl methyl sites for hydroxylation is 1. The second kappa shape index (κ2) is 4.98. The van der Waals surface area contributed by atoms with E-state index in [1.807, 2.05) is 31.2 Å². The molecule has 1 heterocycles. The molecule has 0 spiro atoms. The lowest BCUT2D eigenvalue weighted by Crippen LogP contribution is -1.87. The van der Waals surface area contributed by atoms with Crippen molar-refractivity contribution in [2.45, 2.75) is 6.92 Å². The molecule has 0 amide bonds. The molecule has 0 saturated carbocycles. The van der Waals surface area contributed by atoms with Gasteiger partial charge in [0.1, 0.15) is 0 Å². The number of hydrogen-bond acceptors (Lipinski definition) is 4. The Bertz CT molecular complexity index is 767. The predicted octanol–water partition coefficient (Wildman–Crippen LogP) is 3.95. The van der Waals surface area contributed by atoms with E-state index in [4.69, 9.17) is 21.9 Å². The van der Waals surface area contributed by atoms with Crippen LogP contribution in [0, 0.1) is 6.92 Å². The van der Waals surface area contributed by atoms with Gasteiger partial charge in [-0.1, -0.05) is 41.0 Å². The van der Waals surface area contributed by atoms with Crippen molar-refractivity contribution in [3.05, 3.63) is 53.1 Å². The summed E-state index contributed by atoms with van der Waals surface area (Å²) in [5, 5.41) is 4.50. The maximum atomic E-state index is 6.14. The molecule has 3 aromatic rings. The van der Waals surface area contributed by atoms with Crippen LogP contribution in [0.15, 0.2) is 47.0 Å². The van der Waals surface area contributed by atoms with Crippen molar-refractivity contribution in [1.29, 1.82) is 0 Å². The Morgan fingerprint density at radius 3 is 2.65 bits per heavy atom. The van der Waals surface area contributed by atoms with Crippen LogP contribution in [0.2, 0.25) is 5.02 Å². The Balaban J connectivity index is 2.04. The first-order valence-corrected chi connectivity index (χ1v) is 6.48. The van der Waals surface area contributed by atoms with Crippen LogP contribution in [0.3, 0.4) is 0 Å². The van der Waals surface area contributed by atoms with Crippen LogP contribution in [0.1, 0.15) is 5.56 Å². The molecule has 0 atom stereocenters. The van der Waals surface area contributed by atoms with E-state index in [0.29, 0.717) is 28.0 Å². The van der Waals surface area contributed by atoms with E-state index in [1.165, 1.54) is 0 Å². The first-order valence-electron chi connectivity index (χ1n) is 6.10. The number of anilines is 1. The molecule has 4 nitrogen and oxygen atoms in total. The number of halogens is 1. The average Bonchev–Trinajstić information content (AvgIpc) is 2.88.